The number of nitrogens with two attached hydrogens (primary N) is 1. The number of anilines is 1. The van der Waals surface area contributed by atoms with E-state index in [0.29, 0.717) is 23.2 Å². The number of hydrogen-bond donors (Lipinski definition) is 1. The summed E-state index contributed by atoms with van der Waals surface area (Å²) in [5.74, 6) is 1.56. The van der Waals surface area contributed by atoms with Crippen LogP contribution in [0.1, 0.15) is 12.8 Å². The van der Waals surface area contributed by atoms with Gasteiger partial charge in [0.25, 0.3) is 0 Å². The second kappa shape index (κ2) is 7.33. The molecule has 0 atom stereocenters. The van der Waals surface area contributed by atoms with Crippen LogP contribution in [0.25, 0.3) is 33.7 Å². The Morgan fingerprint density at radius 1 is 1.14 bits per heavy atom. The van der Waals surface area contributed by atoms with Crippen molar-refractivity contribution in [1.82, 2.24) is 24.6 Å². The van der Waals surface area contributed by atoms with Gasteiger partial charge in [0, 0.05) is 30.1 Å². The molecule has 0 saturated carbocycles. The maximum absolute atomic E-state index is 6.13. The van der Waals surface area contributed by atoms with Crippen molar-refractivity contribution < 1.29 is 4.42 Å². The lowest BCUT2D eigenvalue weighted by molar-refractivity contribution is 0.201. The Labute approximate surface area is 169 Å². The number of fused-ring (bicyclic) bond motifs is 1. The molecule has 29 heavy (non-hydrogen) atoms. The summed E-state index contributed by atoms with van der Waals surface area (Å²) in [6, 6.07) is 9.65. The van der Waals surface area contributed by atoms with Crippen LogP contribution >= 0.6 is 0 Å². The molecule has 0 amide bonds. The fourth-order valence-corrected chi connectivity index (χ4v) is 3.91. The van der Waals surface area contributed by atoms with Gasteiger partial charge in [0.05, 0.1) is 11.8 Å². The van der Waals surface area contributed by atoms with E-state index in [4.69, 9.17) is 10.2 Å². The Morgan fingerprint density at radius 3 is 2.79 bits per heavy atom. The van der Waals surface area contributed by atoms with Crippen molar-refractivity contribution in [2.45, 2.75) is 19.4 Å². The van der Waals surface area contributed by atoms with Crippen molar-refractivity contribution in [3.8, 4) is 22.6 Å². The smallest absolute Gasteiger partial charge is 0.231 e. The van der Waals surface area contributed by atoms with Crippen molar-refractivity contribution in [3.63, 3.8) is 0 Å². The summed E-state index contributed by atoms with van der Waals surface area (Å²) in [5.41, 5.74) is 10.3. The van der Waals surface area contributed by atoms with Crippen molar-refractivity contribution >= 4 is 16.9 Å². The zero-order valence-corrected chi connectivity index (χ0v) is 16.5. The summed E-state index contributed by atoms with van der Waals surface area (Å²) < 4.78 is 7.93. The molecule has 1 saturated heterocycles. The molecule has 0 bridgehead atoms. The first-order valence-corrected chi connectivity index (χ1v) is 9.98. The van der Waals surface area contributed by atoms with E-state index in [1.165, 1.54) is 12.8 Å². The Balaban J connectivity index is 1.40. The first kappa shape index (κ1) is 17.9. The molecule has 7 heteroatoms. The maximum Gasteiger partial charge on any atom is 0.231 e. The number of aromatic nitrogens is 4. The molecule has 3 aromatic heterocycles. The summed E-state index contributed by atoms with van der Waals surface area (Å²) in [5, 5.41) is 4.57. The van der Waals surface area contributed by atoms with E-state index in [2.05, 4.69) is 33.2 Å². The van der Waals surface area contributed by atoms with Crippen molar-refractivity contribution in [1.29, 1.82) is 0 Å². The highest BCUT2D eigenvalue weighted by atomic mass is 16.3. The summed E-state index contributed by atoms with van der Waals surface area (Å²) in [4.78, 5) is 11.3. The third-order valence-corrected chi connectivity index (χ3v) is 5.69. The zero-order chi connectivity index (χ0) is 19.8. The van der Waals surface area contributed by atoms with Gasteiger partial charge in [0.2, 0.25) is 5.89 Å². The number of nitrogen functional groups attached to an aromatic ring is 1. The van der Waals surface area contributed by atoms with E-state index in [1.807, 2.05) is 41.2 Å². The van der Waals surface area contributed by atoms with Gasteiger partial charge in [0.1, 0.15) is 11.3 Å². The van der Waals surface area contributed by atoms with Crippen LogP contribution in [0, 0.1) is 5.92 Å². The maximum atomic E-state index is 6.13. The number of oxazole rings is 1. The van der Waals surface area contributed by atoms with E-state index in [0.717, 1.165) is 41.9 Å². The Bertz CT molecular complexity index is 1110. The summed E-state index contributed by atoms with van der Waals surface area (Å²) in [6.45, 7) is 3.28. The van der Waals surface area contributed by atoms with Gasteiger partial charge in [-0.05, 0) is 57.1 Å². The first-order chi connectivity index (χ1) is 14.2. The van der Waals surface area contributed by atoms with Crippen LogP contribution in [0.15, 0.2) is 53.3 Å². The number of likely N-dealkylation sites (tertiary alicyclic amines) is 1. The number of nitrogens with zero attached hydrogens (tertiary/aromatic N) is 5. The van der Waals surface area contributed by atoms with Crippen molar-refractivity contribution in [2.75, 3.05) is 25.9 Å². The molecule has 5 rings (SSSR count). The van der Waals surface area contributed by atoms with E-state index in [1.54, 1.807) is 6.20 Å². The normalized spacial score (nSPS) is 15.9. The predicted octanol–water partition coefficient (Wildman–Crippen LogP) is 3.68. The molecular formula is C22H24N6O. The largest absolute Gasteiger partial charge is 0.436 e. The minimum Gasteiger partial charge on any atom is -0.436 e. The highest BCUT2D eigenvalue weighted by Gasteiger charge is 2.18. The summed E-state index contributed by atoms with van der Waals surface area (Å²) >= 11 is 0. The Morgan fingerprint density at radius 2 is 1.97 bits per heavy atom. The molecule has 1 aliphatic rings. The van der Waals surface area contributed by atoms with Gasteiger partial charge in [0.15, 0.2) is 5.58 Å². The predicted molar refractivity (Wildman–Crippen MR) is 113 cm³/mol. The second-order valence-corrected chi connectivity index (χ2v) is 7.84. The molecule has 0 aliphatic carbocycles. The van der Waals surface area contributed by atoms with Gasteiger partial charge in [-0.15, -0.1) is 0 Å². The Kier molecular flexibility index (Phi) is 4.52. The molecule has 0 unspecified atom stereocenters. The highest BCUT2D eigenvalue weighted by Crippen LogP contribution is 2.31. The average Bonchev–Trinajstić information content (AvgIpc) is 3.37. The summed E-state index contributed by atoms with van der Waals surface area (Å²) in [6.07, 6.45) is 8.19. The minimum atomic E-state index is 0.402. The number of para-hydroxylation sites is 2. The van der Waals surface area contributed by atoms with Crippen LogP contribution in [-0.4, -0.2) is 44.8 Å². The van der Waals surface area contributed by atoms with E-state index in [9.17, 15) is 0 Å². The van der Waals surface area contributed by atoms with Gasteiger partial charge in [-0.25, -0.2) is 9.97 Å². The average molecular weight is 388 g/mol. The van der Waals surface area contributed by atoms with Gasteiger partial charge < -0.3 is 15.1 Å². The van der Waals surface area contributed by atoms with Crippen molar-refractivity contribution in [3.05, 3.63) is 48.9 Å². The Hall–Kier alpha value is -3.19. The lowest BCUT2D eigenvalue weighted by Gasteiger charge is -2.28. The van der Waals surface area contributed by atoms with Crippen LogP contribution in [0.2, 0.25) is 0 Å². The van der Waals surface area contributed by atoms with E-state index < -0.39 is 0 Å². The standard InChI is InChI=1S/C22H24N6O/c1-27-8-6-15(7-9-27)13-28-14-17(12-25-28)16-10-18(21(23)24-11-16)22-26-19-4-2-3-5-20(19)29-22/h2-5,10-12,14-15H,6-9,13H2,1H3,(H2,23,24). The molecule has 148 valence electrons. The molecule has 1 fully saturated rings. The molecule has 0 spiro atoms. The fraction of sp³-hybridized carbons (Fsp3) is 0.318. The monoisotopic (exact) mass is 388 g/mol. The van der Waals surface area contributed by atoms with Gasteiger partial charge >= 0.3 is 0 Å². The van der Waals surface area contributed by atoms with E-state index in [-0.39, 0.29) is 0 Å². The SMILES string of the molecule is CN1CCC(Cn2cc(-c3cnc(N)c(-c4nc5ccccc5o4)c3)cn2)CC1. The van der Waals surface area contributed by atoms with Crippen LogP contribution in [0.3, 0.4) is 0 Å². The molecule has 1 aliphatic heterocycles. The molecule has 0 radical (unpaired) electrons. The molecule has 2 N–H and O–H groups in total. The van der Waals surface area contributed by atoms with Crippen LogP contribution in [0.5, 0.6) is 0 Å². The lowest BCUT2D eigenvalue weighted by atomic mass is 9.97. The van der Waals surface area contributed by atoms with Gasteiger partial charge in [-0.2, -0.15) is 5.10 Å². The van der Waals surface area contributed by atoms with Crippen LogP contribution < -0.4 is 5.73 Å². The number of rotatable bonds is 4. The summed E-state index contributed by atoms with van der Waals surface area (Å²) in [7, 11) is 2.19. The highest BCUT2D eigenvalue weighted by molar-refractivity contribution is 5.80. The van der Waals surface area contributed by atoms with Gasteiger partial charge in [-0.1, -0.05) is 12.1 Å². The number of piperidine rings is 1. The second-order valence-electron chi connectivity index (χ2n) is 7.84. The number of pyridine rings is 1. The number of hydrogen-bond acceptors (Lipinski definition) is 6. The number of benzene rings is 1. The first-order valence-electron chi connectivity index (χ1n) is 9.98. The molecule has 4 aromatic rings. The quantitative estimate of drug-likeness (QED) is 0.574. The van der Waals surface area contributed by atoms with Gasteiger partial charge in [-0.3, -0.25) is 4.68 Å². The zero-order valence-electron chi connectivity index (χ0n) is 16.5. The molecule has 4 heterocycles. The molecule has 7 nitrogen and oxygen atoms in total. The lowest BCUT2D eigenvalue weighted by Crippen LogP contribution is -2.31. The third kappa shape index (κ3) is 3.61. The van der Waals surface area contributed by atoms with E-state index >= 15 is 0 Å². The minimum absolute atomic E-state index is 0.402. The topological polar surface area (TPSA) is 86.0 Å². The third-order valence-electron chi connectivity index (χ3n) is 5.69. The molecular weight excluding hydrogens is 364 g/mol. The fourth-order valence-electron chi connectivity index (χ4n) is 3.91. The molecule has 1 aromatic carbocycles. The van der Waals surface area contributed by atoms with Crippen molar-refractivity contribution in [2.24, 2.45) is 5.92 Å². The van der Waals surface area contributed by atoms with Crippen LogP contribution in [-0.2, 0) is 6.54 Å². The van der Waals surface area contributed by atoms with Crippen LogP contribution in [0.4, 0.5) is 5.82 Å².